The van der Waals surface area contributed by atoms with E-state index in [0.717, 1.165) is 43.1 Å². The molecule has 0 bridgehead atoms. The first kappa shape index (κ1) is 24.8. The number of aryl methyl sites for hydroxylation is 3. The summed E-state index contributed by atoms with van der Waals surface area (Å²) >= 11 is 0. The molecule has 0 atom stereocenters. The molecule has 1 radical (unpaired) electrons. The van der Waals surface area contributed by atoms with E-state index in [0.29, 0.717) is 44.3 Å². The van der Waals surface area contributed by atoms with Crippen molar-refractivity contribution in [1.82, 2.24) is 9.97 Å². The third-order valence-electron chi connectivity index (χ3n) is 9.60. The van der Waals surface area contributed by atoms with Crippen LogP contribution in [0, 0.1) is 38.1 Å². The van der Waals surface area contributed by atoms with E-state index < -0.39 is 32.3 Å². The Kier molecular flexibility index (Phi) is 6.33. The van der Waals surface area contributed by atoms with Gasteiger partial charge >= 0.3 is 0 Å². The number of fused-ring (bicyclic) bond motifs is 14. The van der Waals surface area contributed by atoms with E-state index in [-0.39, 0.29) is 42.2 Å². The van der Waals surface area contributed by atoms with Crippen molar-refractivity contribution in [1.29, 1.82) is 0 Å². The molecule has 3 nitrogen and oxygen atoms in total. The van der Waals surface area contributed by atoms with E-state index in [1.807, 2.05) is 63.2 Å². The van der Waals surface area contributed by atoms with E-state index in [2.05, 4.69) is 52.4 Å². The van der Waals surface area contributed by atoms with Crippen LogP contribution in [0.2, 0.25) is 0 Å². The number of hydrogen-bond acceptors (Lipinski definition) is 3. The van der Waals surface area contributed by atoms with Gasteiger partial charge in [-0.25, -0.2) is 0 Å². The van der Waals surface area contributed by atoms with Crippen molar-refractivity contribution in [3.8, 4) is 11.3 Å². The van der Waals surface area contributed by atoms with Crippen molar-refractivity contribution in [2.45, 2.75) is 47.7 Å². The number of benzene rings is 7. The summed E-state index contributed by atoms with van der Waals surface area (Å²) in [5, 5.41) is 8.87. The van der Waals surface area contributed by atoms with Crippen LogP contribution >= 0.6 is 0 Å². The average Bonchev–Trinajstić information content (AvgIpc) is 3.64. The third-order valence-corrected chi connectivity index (χ3v) is 9.60. The van der Waals surface area contributed by atoms with Gasteiger partial charge in [-0.1, -0.05) is 99.7 Å². The second-order valence-corrected chi connectivity index (χ2v) is 14.3. The Morgan fingerprint density at radius 3 is 2.20 bits per heavy atom. The topological polar surface area (TPSA) is 38.9 Å². The molecule has 0 aliphatic heterocycles. The summed E-state index contributed by atoms with van der Waals surface area (Å²) in [7, 11) is 0. The van der Waals surface area contributed by atoms with Gasteiger partial charge in [0.2, 0.25) is 0 Å². The van der Waals surface area contributed by atoms with Gasteiger partial charge in [0.15, 0.2) is 0 Å². The van der Waals surface area contributed by atoms with Gasteiger partial charge in [0.25, 0.3) is 0 Å². The number of hydrogen-bond donors (Lipinski definition) is 0. The molecule has 0 fully saturated rings. The maximum atomic E-state index is 8.49. The average molecular weight is 888 g/mol. The second kappa shape index (κ2) is 13.8. The van der Waals surface area contributed by atoms with E-state index in [9.17, 15) is 0 Å². The number of furan rings is 1. The summed E-state index contributed by atoms with van der Waals surface area (Å²) < 4.78 is 95.3. The molecule has 54 heavy (non-hydrogen) atoms. The molecular formula is C50H40IrN2O-2. The van der Waals surface area contributed by atoms with Gasteiger partial charge < -0.3 is 14.4 Å². The predicted molar refractivity (Wildman–Crippen MR) is 224 cm³/mol. The van der Waals surface area contributed by atoms with Crippen molar-refractivity contribution in [3.05, 3.63) is 156 Å². The van der Waals surface area contributed by atoms with Gasteiger partial charge in [0.1, 0.15) is 11.2 Å². The summed E-state index contributed by atoms with van der Waals surface area (Å²) in [5.74, 6) is 0. The molecule has 0 saturated carbocycles. The Bertz CT molecular complexity index is 3460. The van der Waals surface area contributed by atoms with Crippen LogP contribution in [0.1, 0.15) is 58.1 Å². The molecule has 0 aliphatic carbocycles. The minimum absolute atomic E-state index is 0. The smallest absolute Gasteiger partial charge is 0.143 e. The number of aromatic nitrogens is 2. The van der Waals surface area contributed by atoms with Gasteiger partial charge in [-0.05, 0) is 86.4 Å². The van der Waals surface area contributed by atoms with Crippen LogP contribution in [0.4, 0.5) is 0 Å². The van der Waals surface area contributed by atoms with Crippen LogP contribution in [0.3, 0.4) is 0 Å². The molecule has 0 spiro atoms. The Labute approximate surface area is 344 Å². The van der Waals surface area contributed by atoms with Crippen molar-refractivity contribution in [2.24, 2.45) is 5.41 Å². The van der Waals surface area contributed by atoms with Crippen LogP contribution < -0.4 is 0 Å². The second-order valence-electron chi connectivity index (χ2n) is 14.3. The van der Waals surface area contributed by atoms with Crippen LogP contribution in [-0.4, -0.2) is 9.97 Å². The van der Waals surface area contributed by atoms with Gasteiger partial charge in [-0.3, -0.25) is 0 Å². The molecule has 4 heteroatoms. The zero-order valence-electron chi connectivity index (χ0n) is 40.7. The fraction of sp³-hybridized carbons (Fsp3) is 0.160. The molecule has 3 aromatic heterocycles. The van der Waals surface area contributed by atoms with Gasteiger partial charge in [-0.15, -0.1) is 65.0 Å². The third kappa shape index (κ3) is 6.14. The van der Waals surface area contributed by atoms with Crippen molar-refractivity contribution < 1.29 is 39.6 Å². The minimum Gasteiger partial charge on any atom is -0.455 e. The summed E-state index contributed by atoms with van der Waals surface area (Å²) in [4.78, 5) is 8.88. The molecule has 10 aromatic rings. The predicted octanol–water partition coefficient (Wildman–Crippen LogP) is 13.6. The summed E-state index contributed by atoms with van der Waals surface area (Å²) in [6.07, 6.45) is 1.22. The maximum Gasteiger partial charge on any atom is 0.143 e. The molecule has 267 valence electrons. The van der Waals surface area contributed by atoms with Crippen molar-refractivity contribution in [2.75, 3.05) is 0 Å². The van der Waals surface area contributed by atoms with Crippen molar-refractivity contribution in [3.63, 3.8) is 0 Å². The molecular weight excluding hydrogens is 837 g/mol. The molecule has 3 heterocycles. The molecule has 0 aliphatic rings. The molecule has 0 unspecified atom stereocenters. The van der Waals surface area contributed by atoms with E-state index in [1.165, 1.54) is 18.5 Å². The number of rotatable bonds is 2. The standard InChI is InChI=1S/C33H20NO.C17H20N.Ir/c1-18-17-34-31-25-10-6-5-9-23(25)24-15-16-27-26-14-13-21-12-11-20-7-3-4-8-22(20)29(21)32(26)35-33(27)30(24)28(31)19(18)2;1-13-5-8-15(9-6-13)16-10-7-14(12-18-16)11-17(2,3)4;/h3-9,11-17H,1-2H3;5-8,10,12H,11H2,1-4H3;/q2*-1;/i1D3,2D3;1D3,11D2;. The zero-order chi connectivity index (χ0) is 45.7. The van der Waals surface area contributed by atoms with E-state index in [1.54, 1.807) is 30.3 Å². The summed E-state index contributed by atoms with van der Waals surface area (Å²) in [6.45, 7) is -2.00. The van der Waals surface area contributed by atoms with E-state index in [4.69, 9.17) is 19.5 Å². The normalized spacial score (nSPS) is 15.8. The Morgan fingerprint density at radius 2 is 1.44 bits per heavy atom. The SMILES string of the molecule is [2H]C([2H])([2H])c1c[c-]c(-c2ccc(C([2H])([2H])C(C)(C)C)cn2)cc1.[2H]C([2H])([2H])c1cnc2c3[c-]cccc3c3ccc4c5ccc6ccc7ccccc7c6c5oc4c3c2c1C([2H])([2H])[2H].[Ir]. The van der Waals surface area contributed by atoms with Crippen LogP contribution in [0.5, 0.6) is 0 Å². The maximum absolute atomic E-state index is 8.49. The Morgan fingerprint density at radius 1 is 0.667 bits per heavy atom. The summed E-state index contributed by atoms with van der Waals surface area (Å²) in [6, 6.07) is 40.2. The van der Waals surface area contributed by atoms with E-state index >= 15 is 0 Å². The molecule has 0 N–H and O–H groups in total. The largest absolute Gasteiger partial charge is 0.455 e. The van der Waals surface area contributed by atoms with Crippen LogP contribution in [0.25, 0.3) is 87.2 Å². The van der Waals surface area contributed by atoms with Gasteiger partial charge in [0, 0.05) is 69.1 Å². The number of nitrogens with zero attached hydrogens (tertiary/aromatic N) is 2. The Balaban J connectivity index is 0.000000206. The summed E-state index contributed by atoms with van der Waals surface area (Å²) in [5.41, 5.74) is 2.61. The minimum atomic E-state index is -2.72. The van der Waals surface area contributed by atoms with Gasteiger partial charge in [-0.2, -0.15) is 0 Å². The molecule has 10 rings (SSSR count). The zero-order valence-corrected chi connectivity index (χ0v) is 32.1. The quantitative estimate of drug-likeness (QED) is 0.128. The van der Waals surface area contributed by atoms with Crippen LogP contribution in [0.15, 0.2) is 126 Å². The first-order valence-corrected chi connectivity index (χ1v) is 17.4. The van der Waals surface area contributed by atoms with Crippen molar-refractivity contribution >= 4 is 75.9 Å². The molecule has 0 amide bonds. The van der Waals surface area contributed by atoms with Gasteiger partial charge in [0.05, 0.1) is 0 Å². The number of pyridine rings is 2. The molecule has 7 aromatic carbocycles. The first-order valence-electron chi connectivity index (χ1n) is 22.9. The fourth-order valence-corrected chi connectivity index (χ4v) is 7.30. The van der Waals surface area contributed by atoms with Crippen LogP contribution in [-0.2, 0) is 26.5 Å². The molecule has 0 saturated heterocycles. The monoisotopic (exact) mass is 888 g/mol. The Hall–Kier alpha value is -5.41. The fourth-order valence-electron chi connectivity index (χ4n) is 7.30. The first-order chi connectivity index (χ1) is 30.1.